The molecule has 0 bridgehead atoms. The Kier molecular flexibility index (Phi) is 3.58. The van der Waals surface area contributed by atoms with Gasteiger partial charge in [-0.3, -0.25) is 9.69 Å². The summed E-state index contributed by atoms with van der Waals surface area (Å²) in [7, 11) is 1.38. The van der Waals surface area contributed by atoms with Gasteiger partial charge in [-0.05, 0) is 22.4 Å². The van der Waals surface area contributed by atoms with Crippen LogP contribution in [0.1, 0.15) is 12.0 Å². The first-order valence-electron chi connectivity index (χ1n) is 5.21. The van der Waals surface area contributed by atoms with Crippen molar-refractivity contribution in [2.75, 3.05) is 13.7 Å². The number of rotatable bonds is 3. The lowest BCUT2D eigenvalue weighted by Gasteiger charge is -2.21. The first-order chi connectivity index (χ1) is 7.70. The summed E-state index contributed by atoms with van der Waals surface area (Å²) in [6.45, 7) is 1.23. The number of ether oxygens (including phenoxy) is 1. The highest BCUT2D eigenvalue weighted by atomic mass is 32.1. The van der Waals surface area contributed by atoms with E-state index in [0.717, 1.165) is 0 Å². The molecule has 4 nitrogen and oxygen atoms in total. The van der Waals surface area contributed by atoms with Gasteiger partial charge in [-0.25, -0.2) is 0 Å². The maximum absolute atomic E-state index is 11.5. The molecule has 16 heavy (non-hydrogen) atoms. The van der Waals surface area contributed by atoms with Gasteiger partial charge in [0.15, 0.2) is 0 Å². The van der Waals surface area contributed by atoms with E-state index in [1.54, 1.807) is 11.3 Å². The lowest BCUT2D eigenvalue weighted by molar-refractivity contribution is -0.146. The van der Waals surface area contributed by atoms with E-state index in [2.05, 4.69) is 5.38 Å². The normalized spacial score (nSPS) is 25.9. The van der Waals surface area contributed by atoms with Gasteiger partial charge < -0.3 is 9.84 Å². The zero-order valence-corrected chi connectivity index (χ0v) is 9.94. The Morgan fingerprint density at radius 1 is 1.75 bits per heavy atom. The van der Waals surface area contributed by atoms with Gasteiger partial charge in [0.25, 0.3) is 0 Å². The molecule has 1 N–H and O–H groups in total. The molecule has 0 spiro atoms. The molecule has 1 saturated heterocycles. The first-order valence-corrected chi connectivity index (χ1v) is 6.16. The number of hydrogen-bond donors (Lipinski definition) is 1. The summed E-state index contributed by atoms with van der Waals surface area (Å²) in [4.78, 5) is 13.5. The topological polar surface area (TPSA) is 49.8 Å². The van der Waals surface area contributed by atoms with Crippen LogP contribution in [0.5, 0.6) is 0 Å². The third kappa shape index (κ3) is 2.42. The van der Waals surface area contributed by atoms with E-state index in [0.29, 0.717) is 19.5 Å². The van der Waals surface area contributed by atoms with E-state index < -0.39 is 6.10 Å². The van der Waals surface area contributed by atoms with E-state index >= 15 is 0 Å². The number of β-amino-alcohol motifs (C(OH)–C–C–N with tert-alkyl or cyclic N) is 1. The summed E-state index contributed by atoms with van der Waals surface area (Å²) in [6.07, 6.45) is 0.0410. The summed E-state index contributed by atoms with van der Waals surface area (Å²) in [5.74, 6) is -0.258. The van der Waals surface area contributed by atoms with Gasteiger partial charge in [0.05, 0.1) is 13.2 Å². The molecule has 1 aliphatic heterocycles. The maximum atomic E-state index is 11.5. The zero-order chi connectivity index (χ0) is 11.5. The number of aliphatic hydroxyl groups excluding tert-OH is 1. The minimum atomic E-state index is -0.428. The van der Waals surface area contributed by atoms with Crippen LogP contribution in [-0.4, -0.2) is 41.8 Å². The van der Waals surface area contributed by atoms with Crippen LogP contribution in [0.15, 0.2) is 16.8 Å². The standard InChI is InChI=1S/C11H15NO3S/c1-15-11(14)10-4-9(13)6-12(10)5-8-2-3-16-7-8/h2-3,7,9-10,13H,4-6H2,1H3. The average molecular weight is 241 g/mol. The van der Waals surface area contributed by atoms with Crippen molar-refractivity contribution in [2.24, 2.45) is 0 Å². The Bertz CT molecular complexity index is 352. The lowest BCUT2D eigenvalue weighted by atomic mass is 10.2. The number of hydrogen-bond acceptors (Lipinski definition) is 5. The number of aliphatic hydroxyl groups is 1. The van der Waals surface area contributed by atoms with Gasteiger partial charge in [0.2, 0.25) is 0 Å². The molecule has 0 amide bonds. The molecule has 2 rings (SSSR count). The minimum Gasteiger partial charge on any atom is -0.468 e. The van der Waals surface area contributed by atoms with E-state index in [1.807, 2.05) is 16.3 Å². The summed E-state index contributed by atoms with van der Waals surface area (Å²) < 4.78 is 4.74. The van der Waals surface area contributed by atoms with Crippen molar-refractivity contribution in [1.82, 2.24) is 4.90 Å². The molecule has 1 fully saturated rings. The number of methoxy groups -OCH3 is 1. The van der Waals surface area contributed by atoms with E-state index in [1.165, 1.54) is 12.7 Å². The highest BCUT2D eigenvalue weighted by Gasteiger charge is 2.36. The van der Waals surface area contributed by atoms with Crippen LogP contribution in [0, 0.1) is 0 Å². The average Bonchev–Trinajstić information content (AvgIpc) is 2.88. The second-order valence-corrected chi connectivity index (χ2v) is 4.77. The van der Waals surface area contributed by atoms with Crippen LogP contribution in [0.2, 0.25) is 0 Å². The molecular weight excluding hydrogens is 226 g/mol. The Morgan fingerprint density at radius 2 is 2.56 bits per heavy atom. The molecule has 0 aromatic carbocycles. The Balaban J connectivity index is 2.04. The van der Waals surface area contributed by atoms with Crippen LogP contribution in [-0.2, 0) is 16.1 Å². The van der Waals surface area contributed by atoms with Crippen LogP contribution in [0.4, 0.5) is 0 Å². The van der Waals surface area contributed by atoms with Crippen molar-refractivity contribution in [2.45, 2.75) is 25.1 Å². The monoisotopic (exact) mass is 241 g/mol. The minimum absolute atomic E-state index is 0.258. The van der Waals surface area contributed by atoms with E-state index in [-0.39, 0.29) is 12.0 Å². The van der Waals surface area contributed by atoms with Gasteiger partial charge in [0, 0.05) is 19.5 Å². The summed E-state index contributed by atoms with van der Waals surface area (Å²) in [5.41, 5.74) is 1.17. The predicted octanol–water partition coefficient (Wildman–Crippen LogP) is 0.856. The quantitative estimate of drug-likeness (QED) is 0.797. The fraction of sp³-hybridized carbons (Fsp3) is 0.545. The largest absolute Gasteiger partial charge is 0.468 e. The van der Waals surface area contributed by atoms with Crippen molar-refractivity contribution >= 4 is 17.3 Å². The SMILES string of the molecule is COC(=O)C1CC(O)CN1Cc1ccsc1. The van der Waals surface area contributed by atoms with Crippen molar-refractivity contribution in [1.29, 1.82) is 0 Å². The predicted molar refractivity (Wildman–Crippen MR) is 61.2 cm³/mol. The highest BCUT2D eigenvalue weighted by Crippen LogP contribution is 2.22. The highest BCUT2D eigenvalue weighted by molar-refractivity contribution is 7.07. The van der Waals surface area contributed by atoms with Crippen LogP contribution in [0.3, 0.4) is 0 Å². The van der Waals surface area contributed by atoms with Gasteiger partial charge in [0.1, 0.15) is 6.04 Å². The molecular formula is C11H15NO3S. The van der Waals surface area contributed by atoms with Gasteiger partial charge in [-0.1, -0.05) is 0 Å². The number of esters is 1. The molecule has 0 radical (unpaired) electrons. The Morgan fingerprint density at radius 3 is 3.19 bits per heavy atom. The Labute approximate surface area is 98.4 Å². The van der Waals surface area contributed by atoms with Gasteiger partial charge in [-0.15, -0.1) is 0 Å². The molecule has 1 aliphatic rings. The smallest absolute Gasteiger partial charge is 0.323 e. The summed E-state index contributed by atoms with van der Waals surface area (Å²) in [6, 6.07) is 1.73. The van der Waals surface area contributed by atoms with Gasteiger partial charge in [-0.2, -0.15) is 11.3 Å². The number of carbonyl (C=O) groups is 1. The van der Waals surface area contributed by atoms with Crippen LogP contribution in [0.25, 0.3) is 0 Å². The summed E-state index contributed by atoms with van der Waals surface area (Å²) in [5, 5.41) is 13.7. The molecule has 1 aromatic rings. The molecule has 1 aromatic heterocycles. The molecule has 88 valence electrons. The van der Waals surface area contributed by atoms with Crippen molar-refractivity contribution in [3.63, 3.8) is 0 Å². The third-order valence-corrected chi connectivity index (χ3v) is 3.55. The third-order valence-electron chi connectivity index (χ3n) is 2.82. The van der Waals surface area contributed by atoms with Crippen molar-refractivity contribution in [3.8, 4) is 0 Å². The fourth-order valence-corrected chi connectivity index (χ4v) is 2.71. The molecule has 2 atom stereocenters. The second kappa shape index (κ2) is 4.95. The van der Waals surface area contributed by atoms with Crippen molar-refractivity contribution in [3.05, 3.63) is 22.4 Å². The molecule has 2 heterocycles. The Hall–Kier alpha value is -0.910. The first kappa shape index (κ1) is 11.6. The molecule has 0 aliphatic carbocycles. The number of nitrogens with zero attached hydrogens (tertiary/aromatic N) is 1. The lowest BCUT2D eigenvalue weighted by Crippen LogP contribution is -2.36. The molecule has 0 saturated carbocycles. The molecule has 5 heteroatoms. The summed E-state index contributed by atoms with van der Waals surface area (Å²) >= 11 is 1.63. The molecule has 2 unspecified atom stereocenters. The fourth-order valence-electron chi connectivity index (χ4n) is 2.05. The zero-order valence-electron chi connectivity index (χ0n) is 9.13. The number of carbonyl (C=O) groups excluding carboxylic acids is 1. The van der Waals surface area contributed by atoms with Crippen LogP contribution >= 0.6 is 11.3 Å². The number of likely N-dealkylation sites (tertiary alicyclic amines) is 1. The van der Waals surface area contributed by atoms with Crippen molar-refractivity contribution < 1.29 is 14.6 Å². The van der Waals surface area contributed by atoms with Gasteiger partial charge >= 0.3 is 5.97 Å². The van der Waals surface area contributed by atoms with E-state index in [4.69, 9.17) is 4.74 Å². The number of thiophene rings is 1. The maximum Gasteiger partial charge on any atom is 0.323 e. The van der Waals surface area contributed by atoms with E-state index in [9.17, 15) is 9.90 Å². The second-order valence-electron chi connectivity index (χ2n) is 3.99. The van der Waals surface area contributed by atoms with Crippen LogP contribution < -0.4 is 0 Å².